The molecule has 0 aliphatic rings. The van der Waals surface area contributed by atoms with Crippen molar-refractivity contribution >= 4 is 11.9 Å². The third-order valence-corrected chi connectivity index (χ3v) is 1.55. The minimum atomic E-state index is 0.279. The average Bonchev–Trinajstić information content (AvgIpc) is 2.72. The standard InChI is InChI=1S/C6H10N8/c1-14-3-9-4(13-14)2-8-6-10-5(7)11-12-6/h3H,2H2,1H3,(H4,7,8,10,11,12). The Balaban J connectivity index is 1.94. The number of aryl methyl sites for hydroxylation is 1. The van der Waals surface area contributed by atoms with Crippen molar-refractivity contribution in [3.05, 3.63) is 12.2 Å². The Morgan fingerprint density at radius 3 is 3.07 bits per heavy atom. The molecule has 2 aromatic rings. The van der Waals surface area contributed by atoms with Crippen molar-refractivity contribution in [3.8, 4) is 0 Å². The second-order valence-corrected chi connectivity index (χ2v) is 2.73. The zero-order valence-electron chi connectivity index (χ0n) is 7.60. The Labute approximate surface area is 79.6 Å². The van der Waals surface area contributed by atoms with Crippen molar-refractivity contribution in [2.24, 2.45) is 7.05 Å². The lowest BCUT2D eigenvalue weighted by molar-refractivity contribution is 0.746. The molecule has 0 bridgehead atoms. The summed E-state index contributed by atoms with van der Waals surface area (Å²) in [5.41, 5.74) is 5.35. The van der Waals surface area contributed by atoms with Crippen molar-refractivity contribution in [1.29, 1.82) is 0 Å². The van der Waals surface area contributed by atoms with Crippen molar-refractivity contribution in [1.82, 2.24) is 29.9 Å². The van der Waals surface area contributed by atoms with Crippen LogP contribution in [0.2, 0.25) is 0 Å². The molecule has 4 N–H and O–H groups in total. The molecule has 0 saturated carbocycles. The highest BCUT2D eigenvalue weighted by atomic mass is 15.3. The van der Waals surface area contributed by atoms with E-state index >= 15 is 0 Å². The Bertz CT molecular complexity index is 375. The van der Waals surface area contributed by atoms with Gasteiger partial charge in [-0.1, -0.05) is 0 Å². The quantitative estimate of drug-likeness (QED) is 0.585. The fourth-order valence-corrected chi connectivity index (χ4v) is 0.976. The summed E-state index contributed by atoms with van der Waals surface area (Å²) in [6.07, 6.45) is 1.63. The van der Waals surface area contributed by atoms with Crippen LogP contribution in [0.5, 0.6) is 0 Å². The Morgan fingerprint density at radius 1 is 1.64 bits per heavy atom. The number of H-pyrrole nitrogens is 1. The van der Waals surface area contributed by atoms with Crippen LogP contribution < -0.4 is 11.1 Å². The number of aromatic amines is 1. The van der Waals surface area contributed by atoms with Crippen molar-refractivity contribution in [2.75, 3.05) is 11.1 Å². The molecule has 0 aromatic carbocycles. The van der Waals surface area contributed by atoms with E-state index in [1.54, 1.807) is 18.1 Å². The van der Waals surface area contributed by atoms with Gasteiger partial charge < -0.3 is 11.1 Å². The van der Waals surface area contributed by atoms with Gasteiger partial charge in [0, 0.05) is 7.05 Å². The van der Waals surface area contributed by atoms with E-state index in [4.69, 9.17) is 5.73 Å². The maximum absolute atomic E-state index is 5.35. The number of hydrogen-bond donors (Lipinski definition) is 3. The van der Waals surface area contributed by atoms with Gasteiger partial charge in [0.15, 0.2) is 5.82 Å². The zero-order valence-corrected chi connectivity index (χ0v) is 7.60. The van der Waals surface area contributed by atoms with Gasteiger partial charge in [-0.3, -0.25) is 4.68 Å². The highest BCUT2D eigenvalue weighted by Gasteiger charge is 2.01. The van der Waals surface area contributed by atoms with E-state index in [1.807, 2.05) is 0 Å². The molecule has 0 atom stereocenters. The van der Waals surface area contributed by atoms with Crippen molar-refractivity contribution in [2.45, 2.75) is 6.54 Å². The highest BCUT2D eigenvalue weighted by molar-refractivity contribution is 5.29. The molecule has 0 unspecified atom stereocenters. The zero-order chi connectivity index (χ0) is 9.97. The Hall–Kier alpha value is -2.12. The molecule has 2 heterocycles. The molecular formula is C6H10N8. The lowest BCUT2D eigenvalue weighted by atomic mass is 10.6. The third kappa shape index (κ3) is 1.79. The fraction of sp³-hybridized carbons (Fsp3) is 0.333. The number of nitrogen functional groups attached to an aromatic ring is 1. The first-order chi connectivity index (χ1) is 6.74. The summed E-state index contributed by atoms with van der Waals surface area (Å²) in [6, 6.07) is 0. The van der Waals surface area contributed by atoms with Gasteiger partial charge in [0.05, 0.1) is 6.54 Å². The number of rotatable bonds is 3. The highest BCUT2D eigenvalue weighted by Crippen LogP contribution is 2.00. The maximum Gasteiger partial charge on any atom is 0.244 e. The van der Waals surface area contributed by atoms with Crippen LogP contribution in [0.1, 0.15) is 5.82 Å². The number of hydrogen-bond acceptors (Lipinski definition) is 6. The molecule has 8 heteroatoms. The third-order valence-electron chi connectivity index (χ3n) is 1.55. The molecule has 0 spiro atoms. The van der Waals surface area contributed by atoms with Gasteiger partial charge in [-0.05, 0) is 0 Å². The number of nitrogens with zero attached hydrogens (tertiary/aromatic N) is 5. The molecule has 2 rings (SSSR count). The van der Waals surface area contributed by atoms with E-state index in [1.165, 1.54) is 0 Å². The van der Waals surface area contributed by atoms with E-state index in [-0.39, 0.29) is 5.95 Å². The van der Waals surface area contributed by atoms with Gasteiger partial charge in [-0.2, -0.15) is 10.1 Å². The second kappa shape index (κ2) is 3.32. The normalized spacial score (nSPS) is 10.4. The van der Waals surface area contributed by atoms with E-state index in [9.17, 15) is 0 Å². The molecule has 8 nitrogen and oxygen atoms in total. The minimum absolute atomic E-state index is 0.279. The van der Waals surface area contributed by atoms with Crippen LogP contribution in [0.25, 0.3) is 0 Å². The number of aromatic nitrogens is 6. The van der Waals surface area contributed by atoms with E-state index in [2.05, 4.69) is 30.6 Å². The molecule has 0 saturated heterocycles. The summed E-state index contributed by atoms with van der Waals surface area (Å²) in [4.78, 5) is 7.90. The first-order valence-electron chi connectivity index (χ1n) is 4.00. The van der Waals surface area contributed by atoms with Crippen LogP contribution >= 0.6 is 0 Å². The van der Waals surface area contributed by atoms with Crippen LogP contribution in [0.4, 0.5) is 11.9 Å². The molecule has 0 aliphatic heterocycles. The maximum atomic E-state index is 5.35. The van der Waals surface area contributed by atoms with Gasteiger partial charge in [0.1, 0.15) is 6.33 Å². The summed E-state index contributed by atoms with van der Waals surface area (Å²) in [6.45, 7) is 0.470. The van der Waals surface area contributed by atoms with Gasteiger partial charge in [-0.25, -0.2) is 10.1 Å². The van der Waals surface area contributed by atoms with Crippen LogP contribution in [-0.2, 0) is 13.6 Å². The van der Waals surface area contributed by atoms with E-state index < -0.39 is 0 Å². The number of anilines is 2. The van der Waals surface area contributed by atoms with Gasteiger partial charge in [0.2, 0.25) is 11.9 Å². The molecule has 0 radical (unpaired) electrons. The van der Waals surface area contributed by atoms with E-state index in [0.717, 1.165) is 0 Å². The molecule has 0 fully saturated rings. The summed E-state index contributed by atoms with van der Waals surface area (Å²) in [5.74, 6) is 1.40. The van der Waals surface area contributed by atoms with Crippen molar-refractivity contribution in [3.63, 3.8) is 0 Å². The first-order valence-corrected chi connectivity index (χ1v) is 4.00. The van der Waals surface area contributed by atoms with Crippen LogP contribution in [-0.4, -0.2) is 29.9 Å². The van der Waals surface area contributed by atoms with Crippen molar-refractivity contribution < 1.29 is 0 Å². The smallest absolute Gasteiger partial charge is 0.244 e. The topological polar surface area (TPSA) is 110 Å². The monoisotopic (exact) mass is 194 g/mol. The predicted molar refractivity (Wildman–Crippen MR) is 49.1 cm³/mol. The first kappa shape index (κ1) is 8.48. The van der Waals surface area contributed by atoms with Gasteiger partial charge >= 0.3 is 0 Å². The Morgan fingerprint density at radius 2 is 2.50 bits per heavy atom. The summed E-state index contributed by atoms with van der Waals surface area (Å²) in [5, 5.41) is 13.3. The van der Waals surface area contributed by atoms with Crippen LogP contribution in [0.3, 0.4) is 0 Å². The van der Waals surface area contributed by atoms with Gasteiger partial charge in [0.25, 0.3) is 0 Å². The predicted octanol–water partition coefficient (Wildman–Crippen LogP) is -0.873. The average molecular weight is 194 g/mol. The largest absolute Gasteiger partial charge is 0.368 e. The van der Waals surface area contributed by atoms with E-state index in [0.29, 0.717) is 18.3 Å². The lowest BCUT2D eigenvalue weighted by Gasteiger charge is -1.95. The molecular weight excluding hydrogens is 184 g/mol. The SMILES string of the molecule is Cn1cnc(CNc2n[nH]c(N)n2)n1. The Kier molecular flexibility index (Phi) is 2.01. The van der Waals surface area contributed by atoms with Crippen LogP contribution in [0.15, 0.2) is 6.33 Å². The minimum Gasteiger partial charge on any atom is -0.368 e. The summed E-state index contributed by atoms with van der Waals surface area (Å²) >= 11 is 0. The fourth-order valence-electron chi connectivity index (χ4n) is 0.976. The van der Waals surface area contributed by atoms with Gasteiger partial charge in [-0.15, -0.1) is 5.10 Å². The summed E-state index contributed by atoms with van der Waals surface area (Å²) in [7, 11) is 1.81. The summed E-state index contributed by atoms with van der Waals surface area (Å²) < 4.78 is 1.63. The molecule has 14 heavy (non-hydrogen) atoms. The lowest BCUT2D eigenvalue weighted by Crippen LogP contribution is -2.03. The molecule has 74 valence electrons. The molecule has 0 amide bonds. The second-order valence-electron chi connectivity index (χ2n) is 2.73. The molecule has 2 aromatic heterocycles. The molecule has 0 aliphatic carbocycles. The van der Waals surface area contributed by atoms with Crippen LogP contribution in [0, 0.1) is 0 Å². The number of nitrogens with two attached hydrogens (primary N) is 1. The number of nitrogens with one attached hydrogen (secondary N) is 2.